The molecule has 10 nitrogen and oxygen atoms in total. The fraction of sp³-hybridized carbons (Fsp3) is 0.308. The summed E-state index contributed by atoms with van der Waals surface area (Å²) in [7, 11) is 1.49. The predicted octanol–water partition coefficient (Wildman–Crippen LogP) is 2.31. The number of carbonyl (C=O) groups excluding carboxylic acids is 2. The third-order valence-corrected chi connectivity index (χ3v) is 5.54. The van der Waals surface area contributed by atoms with Gasteiger partial charge < -0.3 is 20.7 Å². The molecule has 0 radical (unpaired) electrons. The van der Waals surface area contributed by atoms with Crippen LogP contribution < -0.4 is 27.2 Å². The molecule has 4 N–H and O–H groups in total. The Labute approximate surface area is 208 Å². The van der Waals surface area contributed by atoms with Crippen LogP contribution in [0.3, 0.4) is 0 Å². The quantitative estimate of drug-likeness (QED) is 0.324. The Balaban J connectivity index is 1.92. The van der Waals surface area contributed by atoms with Gasteiger partial charge in [0.2, 0.25) is 11.8 Å². The number of nitrogens with zero attached hydrogens (tertiary/aromatic N) is 1. The molecule has 36 heavy (non-hydrogen) atoms. The van der Waals surface area contributed by atoms with E-state index in [2.05, 4.69) is 20.9 Å². The Bertz CT molecular complexity index is 1300. The van der Waals surface area contributed by atoms with E-state index in [9.17, 15) is 19.2 Å². The summed E-state index contributed by atoms with van der Waals surface area (Å²) in [6.45, 7) is 3.91. The van der Waals surface area contributed by atoms with Gasteiger partial charge in [0.05, 0.1) is 25.6 Å². The number of aromatic amines is 1. The number of aromatic nitrogens is 2. The molecular formula is C26H31N5O5. The van der Waals surface area contributed by atoms with Gasteiger partial charge in [-0.25, -0.2) is 4.79 Å². The van der Waals surface area contributed by atoms with Crippen LogP contribution in [-0.2, 0) is 27.4 Å². The van der Waals surface area contributed by atoms with Crippen LogP contribution in [0.4, 0.5) is 11.5 Å². The Morgan fingerprint density at radius 1 is 1.06 bits per heavy atom. The number of ether oxygens (including phenoxy) is 1. The lowest BCUT2D eigenvalue weighted by atomic mass is 10.0. The zero-order valence-corrected chi connectivity index (χ0v) is 20.6. The Morgan fingerprint density at radius 2 is 1.75 bits per heavy atom. The molecule has 0 aliphatic rings. The average Bonchev–Trinajstić information content (AvgIpc) is 2.84. The van der Waals surface area contributed by atoms with E-state index in [-0.39, 0.29) is 37.0 Å². The highest BCUT2D eigenvalue weighted by molar-refractivity contribution is 5.93. The van der Waals surface area contributed by atoms with Crippen molar-refractivity contribution < 1.29 is 14.3 Å². The maximum Gasteiger partial charge on any atom is 0.330 e. The zero-order chi connectivity index (χ0) is 26.1. The third-order valence-electron chi connectivity index (χ3n) is 5.54. The number of hydrogen-bond donors (Lipinski definition) is 4. The molecule has 190 valence electrons. The summed E-state index contributed by atoms with van der Waals surface area (Å²) in [4.78, 5) is 52.6. The van der Waals surface area contributed by atoms with Gasteiger partial charge in [0, 0.05) is 20.6 Å². The first-order valence-corrected chi connectivity index (χ1v) is 11.6. The third kappa shape index (κ3) is 7.16. The van der Waals surface area contributed by atoms with Crippen molar-refractivity contribution in [2.75, 3.05) is 24.4 Å². The molecular weight excluding hydrogens is 462 g/mol. The minimum absolute atomic E-state index is 0.0345. The molecule has 0 saturated heterocycles. The molecule has 0 aliphatic carbocycles. The van der Waals surface area contributed by atoms with Crippen LogP contribution in [0.15, 0.2) is 64.2 Å². The van der Waals surface area contributed by atoms with Crippen molar-refractivity contribution >= 4 is 23.3 Å². The summed E-state index contributed by atoms with van der Waals surface area (Å²) in [5.41, 5.74) is 1.44. The van der Waals surface area contributed by atoms with E-state index < -0.39 is 23.2 Å². The summed E-state index contributed by atoms with van der Waals surface area (Å²) >= 11 is 0. The Hall–Kier alpha value is -4.18. The SMILES string of the molecule is COCCn1c(NC(=O)CC(NC(C)=O)c2ccc(C)cc2)c(NCc2ccccc2)c(=O)[nH]c1=O. The van der Waals surface area contributed by atoms with Gasteiger partial charge in [-0.2, -0.15) is 0 Å². The van der Waals surface area contributed by atoms with Crippen LogP contribution in [0.5, 0.6) is 0 Å². The van der Waals surface area contributed by atoms with Crippen molar-refractivity contribution in [2.24, 2.45) is 0 Å². The number of anilines is 2. The molecule has 3 aromatic rings. The summed E-state index contributed by atoms with van der Waals surface area (Å²) in [5.74, 6) is -0.729. The lowest BCUT2D eigenvalue weighted by Gasteiger charge is -2.21. The number of rotatable bonds is 11. The first-order chi connectivity index (χ1) is 17.3. The second kappa shape index (κ2) is 12.5. The minimum Gasteiger partial charge on any atom is -0.383 e. The van der Waals surface area contributed by atoms with Crippen LogP contribution in [0.25, 0.3) is 0 Å². The average molecular weight is 494 g/mol. The van der Waals surface area contributed by atoms with Gasteiger partial charge in [-0.1, -0.05) is 60.2 Å². The van der Waals surface area contributed by atoms with Gasteiger partial charge in [-0.15, -0.1) is 0 Å². The van der Waals surface area contributed by atoms with E-state index in [0.717, 1.165) is 16.7 Å². The molecule has 0 saturated carbocycles. The van der Waals surface area contributed by atoms with Gasteiger partial charge in [-0.3, -0.25) is 23.9 Å². The molecule has 1 unspecified atom stereocenters. The first kappa shape index (κ1) is 26.4. The molecule has 2 amide bonds. The van der Waals surface area contributed by atoms with Crippen molar-refractivity contribution in [3.63, 3.8) is 0 Å². The van der Waals surface area contributed by atoms with Gasteiger partial charge in [0.25, 0.3) is 5.56 Å². The van der Waals surface area contributed by atoms with Crippen molar-refractivity contribution in [1.29, 1.82) is 0 Å². The van der Waals surface area contributed by atoms with Crippen LogP contribution in [-0.4, -0.2) is 35.1 Å². The van der Waals surface area contributed by atoms with Crippen molar-refractivity contribution in [3.05, 3.63) is 92.1 Å². The second-order valence-corrected chi connectivity index (χ2v) is 8.38. The second-order valence-electron chi connectivity index (χ2n) is 8.38. The minimum atomic E-state index is -0.672. The molecule has 0 bridgehead atoms. The lowest BCUT2D eigenvalue weighted by molar-refractivity contribution is -0.120. The van der Waals surface area contributed by atoms with Crippen LogP contribution in [0, 0.1) is 6.92 Å². The number of amides is 2. The van der Waals surface area contributed by atoms with Crippen LogP contribution in [0.2, 0.25) is 0 Å². The first-order valence-electron chi connectivity index (χ1n) is 11.6. The lowest BCUT2D eigenvalue weighted by Crippen LogP contribution is -2.37. The van der Waals surface area contributed by atoms with E-state index >= 15 is 0 Å². The summed E-state index contributed by atoms with van der Waals surface area (Å²) in [6, 6.07) is 16.3. The standard InChI is InChI=1S/C26H31N5O5/c1-17-9-11-20(12-10-17)21(28-18(2)32)15-22(33)29-24-23(27-16-19-7-5-4-6-8-19)25(34)30-26(35)31(24)13-14-36-3/h4-12,21,27H,13-16H2,1-3H3,(H,28,32)(H,29,33)(H,30,34,35). The topological polar surface area (TPSA) is 134 Å². The van der Waals surface area contributed by atoms with E-state index in [4.69, 9.17) is 4.74 Å². The molecule has 1 aromatic heterocycles. The summed E-state index contributed by atoms with van der Waals surface area (Å²) in [6.07, 6.45) is -0.105. The van der Waals surface area contributed by atoms with Crippen molar-refractivity contribution in [3.8, 4) is 0 Å². The molecule has 0 spiro atoms. The largest absolute Gasteiger partial charge is 0.383 e. The Morgan fingerprint density at radius 3 is 2.39 bits per heavy atom. The zero-order valence-electron chi connectivity index (χ0n) is 20.6. The number of aryl methyl sites for hydroxylation is 1. The molecule has 0 aliphatic heterocycles. The number of methoxy groups -OCH3 is 1. The Kier molecular flexibility index (Phi) is 9.18. The fourth-order valence-electron chi connectivity index (χ4n) is 3.71. The highest BCUT2D eigenvalue weighted by atomic mass is 16.5. The molecule has 0 fully saturated rings. The number of nitrogens with one attached hydrogen (secondary N) is 4. The van der Waals surface area contributed by atoms with E-state index in [0.29, 0.717) is 6.54 Å². The summed E-state index contributed by atoms with van der Waals surface area (Å²) < 4.78 is 6.35. The smallest absolute Gasteiger partial charge is 0.330 e. The number of H-pyrrole nitrogens is 1. The number of hydrogen-bond acceptors (Lipinski definition) is 6. The van der Waals surface area contributed by atoms with Gasteiger partial charge in [-0.05, 0) is 18.1 Å². The maximum atomic E-state index is 13.2. The fourth-order valence-corrected chi connectivity index (χ4v) is 3.71. The van der Waals surface area contributed by atoms with Gasteiger partial charge >= 0.3 is 5.69 Å². The molecule has 2 aromatic carbocycles. The normalized spacial score (nSPS) is 11.5. The van der Waals surface area contributed by atoms with Crippen molar-refractivity contribution in [2.45, 2.75) is 39.4 Å². The monoisotopic (exact) mass is 493 g/mol. The van der Waals surface area contributed by atoms with E-state index in [1.807, 2.05) is 61.5 Å². The molecule has 1 atom stereocenters. The van der Waals surface area contributed by atoms with E-state index in [1.165, 1.54) is 18.6 Å². The van der Waals surface area contributed by atoms with Gasteiger partial charge in [0.15, 0.2) is 0 Å². The maximum absolute atomic E-state index is 13.2. The molecule has 1 heterocycles. The molecule has 3 rings (SSSR count). The van der Waals surface area contributed by atoms with Crippen molar-refractivity contribution in [1.82, 2.24) is 14.9 Å². The highest BCUT2D eigenvalue weighted by Gasteiger charge is 2.21. The predicted molar refractivity (Wildman–Crippen MR) is 138 cm³/mol. The van der Waals surface area contributed by atoms with Crippen LogP contribution >= 0.6 is 0 Å². The summed E-state index contributed by atoms with van der Waals surface area (Å²) in [5, 5.41) is 8.56. The van der Waals surface area contributed by atoms with E-state index in [1.54, 1.807) is 0 Å². The highest BCUT2D eigenvalue weighted by Crippen LogP contribution is 2.21. The molecule has 10 heteroatoms. The number of carbonyl (C=O) groups is 2. The van der Waals surface area contributed by atoms with Crippen LogP contribution in [0.1, 0.15) is 36.1 Å². The van der Waals surface area contributed by atoms with Gasteiger partial charge in [0.1, 0.15) is 11.5 Å². The number of benzene rings is 2.